The Morgan fingerprint density at radius 1 is 1.59 bits per heavy atom. The van der Waals surface area contributed by atoms with Gasteiger partial charge in [0, 0.05) is 29.2 Å². The molecule has 3 N–H and O–H groups in total. The first-order valence-corrected chi connectivity index (χ1v) is 6.96. The third-order valence-electron chi connectivity index (χ3n) is 2.78. The Hall–Kier alpha value is -0.780. The molecular formula is C12H18N2OS2. The summed E-state index contributed by atoms with van der Waals surface area (Å²) in [5, 5.41) is 9.21. The van der Waals surface area contributed by atoms with Crippen molar-refractivity contribution in [2.45, 2.75) is 17.9 Å². The summed E-state index contributed by atoms with van der Waals surface area (Å²) in [7, 11) is 1.93. The minimum Gasteiger partial charge on any atom is -0.394 e. The highest BCUT2D eigenvalue weighted by Crippen LogP contribution is 2.29. The van der Waals surface area contributed by atoms with Crippen LogP contribution in [-0.4, -0.2) is 36.0 Å². The first kappa shape index (κ1) is 14.3. The van der Waals surface area contributed by atoms with E-state index in [2.05, 4.69) is 0 Å². The molecule has 0 spiro atoms. The number of rotatable bonds is 5. The lowest BCUT2D eigenvalue weighted by Gasteiger charge is -2.28. The number of benzene rings is 1. The van der Waals surface area contributed by atoms with Crippen molar-refractivity contribution in [3.63, 3.8) is 0 Å². The van der Waals surface area contributed by atoms with Crippen molar-refractivity contribution in [2.75, 3.05) is 24.8 Å². The van der Waals surface area contributed by atoms with Crippen LogP contribution in [0.15, 0.2) is 23.1 Å². The highest BCUT2D eigenvalue weighted by molar-refractivity contribution is 7.98. The second kappa shape index (κ2) is 6.23. The fourth-order valence-electron chi connectivity index (χ4n) is 1.59. The topological polar surface area (TPSA) is 49.5 Å². The molecule has 0 radical (unpaired) electrons. The summed E-state index contributed by atoms with van der Waals surface area (Å²) in [4.78, 5) is 3.45. The Bertz CT molecular complexity index is 409. The molecule has 0 aliphatic carbocycles. The van der Waals surface area contributed by atoms with Crippen LogP contribution in [0.25, 0.3) is 0 Å². The van der Waals surface area contributed by atoms with Crippen LogP contribution in [0.1, 0.15) is 12.5 Å². The van der Waals surface area contributed by atoms with E-state index in [1.54, 1.807) is 11.8 Å². The van der Waals surface area contributed by atoms with Gasteiger partial charge in [-0.1, -0.05) is 18.3 Å². The van der Waals surface area contributed by atoms with Gasteiger partial charge in [0.25, 0.3) is 0 Å². The molecule has 0 amide bonds. The van der Waals surface area contributed by atoms with Crippen molar-refractivity contribution in [1.82, 2.24) is 0 Å². The molecule has 3 nitrogen and oxygen atoms in total. The van der Waals surface area contributed by atoms with Gasteiger partial charge in [0.1, 0.15) is 4.99 Å². The van der Waals surface area contributed by atoms with E-state index in [0.717, 1.165) is 16.1 Å². The highest BCUT2D eigenvalue weighted by atomic mass is 32.2. The zero-order valence-electron chi connectivity index (χ0n) is 10.3. The fraction of sp³-hybridized carbons (Fsp3) is 0.417. The van der Waals surface area contributed by atoms with Crippen molar-refractivity contribution in [3.05, 3.63) is 23.8 Å². The molecule has 1 aromatic rings. The molecule has 0 aliphatic rings. The quantitative estimate of drug-likeness (QED) is 0.632. The lowest BCUT2D eigenvalue weighted by molar-refractivity contribution is 0.270. The summed E-state index contributed by atoms with van der Waals surface area (Å²) in [5.74, 6) is 0. The molecule has 17 heavy (non-hydrogen) atoms. The number of thiocarbonyl (C=S) groups is 1. The number of aliphatic hydroxyl groups is 1. The molecule has 0 heterocycles. The van der Waals surface area contributed by atoms with Crippen LogP contribution in [0.5, 0.6) is 0 Å². The number of aliphatic hydroxyl groups excluding tert-OH is 1. The smallest absolute Gasteiger partial charge is 0.107 e. The van der Waals surface area contributed by atoms with E-state index in [1.807, 2.05) is 43.3 Å². The third kappa shape index (κ3) is 3.12. The zero-order valence-corrected chi connectivity index (χ0v) is 11.9. The number of likely N-dealkylation sites (N-methyl/N-ethyl adjacent to an activating group) is 1. The van der Waals surface area contributed by atoms with Gasteiger partial charge in [-0.05, 0) is 25.3 Å². The van der Waals surface area contributed by atoms with E-state index in [-0.39, 0.29) is 12.6 Å². The summed E-state index contributed by atoms with van der Waals surface area (Å²) in [6.45, 7) is 2.05. The van der Waals surface area contributed by atoms with Gasteiger partial charge in [0.05, 0.1) is 6.61 Å². The molecule has 5 heteroatoms. The standard InChI is InChI=1S/C12H18N2OS2/c1-8(7-15)14(2)9-5-4-6-10(17-3)11(9)12(13)16/h4-6,8,15H,7H2,1-3H3,(H2,13,16). The minimum absolute atomic E-state index is 0.0280. The van der Waals surface area contributed by atoms with E-state index in [4.69, 9.17) is 18.0 Å². The molecule has 1 rings (SSSR count). The van der Waals surface area contributed by atoms with Crippen LogP contribution in [0.2, 0.25) is 0 Å². The Morgan fingerprint density at radius 2 is 2.24 bits per heavy atom. The predicted octanol–water partition coefficient (Wildman–Crippen LogP) is 1.86. The summed E-state index contributed by atoms with van der Waals surface area (Å²) >= 11 is 6.74. The first-order valence-electron chi connectivity index (χ1n) is 5.33. The normalized spacial score (nSPS) is 12.2. The van der Waals surface area contributed by atoms with Crippen molar-refractivity contribution >= 4 is 34.7 Å². The Labute approximate surface area is 112 Å². The van der Waals surface area contributed by atoms with E-state index >= 15 is 0 Å². The van der Waals surface area contributed by atoms with Gasteiger partial charge >= 0.3 is 0 Å². The molecule has 0 aliphatic heterocycles. The number of thioether (sulfide) groups is 1. The molecular weight excluding hydrogens is 252 g/mol. The second-order valence-electron chi connectivity index (χ2n) is 3.86. The summed E-state index contributed by atoms with van der Waals surface area (Å²) in [6, 6.07) is 5.98. The molecule has 0 saturated carbocycles. The van der Waals surface area contributed by atoms with Gasteiger partial charge in [-0.25, -0.2) is 0 Å². The van der Waals surface area contributed by atoms with Gasteiger partial charge in [-0.3, -0.25) is 0 Å². The van der Waals surface area contributed by atoms with Gasteiger partial charge in [0.15, 0.2) is 0 Å². The molecule has 1 atom stereocenters. The highest BCUT2D eigenvalue weighted by Gasteiger charge is 2.16. The van der Waals surface area contributed by atoms with Crippen LogP contribution < -0.4 is 10.6 Å². The fourth-order valence-corrected chi connectivity index (χ4v) is 2.50. The van der Waals surface area contributed by atoms with Gasteiger partial charge in [-0.2, -0.15) is 0 Å². The van der Waals surface area contributed by atoms with Gasteiger partial charge < -0.3 is 15.7 Å². The van der Waals surface area contributed by atoms with Gasteiger partial charge in [0.2, 0.25) is 0 Å². The summed E-state index contributed by atoms with van der Waals surface area (Å²) in [6.07, 6.45) is 2.00. The van der Waals surface area contributed by atoms with Crippen LogP contribution in [-0.2, 0) is 0 Å². The summed E-state index contributed by atoms with van der Waals surface area (Å²) < 4.78 is 0. The van der Waals surface area contributed by atoms with E-state index < -0.39 is 0 Å². The number of nitrogens with two attached hydrogens (primary N) is 1. The molecule has 0 aromatic heterocycles. The summed E-state index contributed by atoms with van der Waals surface area (Å²) in [5.41, 5.74) is 7.65. The number of anilines is 1. The number of hydrogen-bond donors (Lipinski definition) is 2. The molecule has 0 saturated heterocycles. The maximum absolute atomic E-state index is 9.21. The second-order valence-corrected chi connectivity index (χ2v) is 5.15. The first-order chi connectivity index (χ1) is 8.02. The Balaban J connectivity index is 3.27. The zero-order chi connectivity index (χ0) is 13.0. The van der Waals surface area contributed by atoms with E-state index in [9.17, 15) is 5.11 Å². The van der Waals surface area contributed by atoms with Crippen molar-refractivity contribution < 1.29 is 5.11 Å². The molecule has 1 aromatic carbocycles. The lowest BCUT2D eigenvalue weighted by Crippen LogP contribution is -2.33. The van der Waals surface area contributed by atoms with Crippen molar-refractivity contribution in [3.8, 4) is 0 Å². The maximum Gasteiger partial charge on any atom is 0.107 e. The predicted molar refractivity (Wildman–Crippen MR) is 79.1 cm³/mol. The largest absolute Gasteiger partial charge is 0.394 e. The van der Waals surface area contributed by atoms with Crippen molar-refractivity contribution in [1.29, 1.82) is 0 Å². The molecule has 1 unspecified atom stereocenters. The average Bonchev–Trinajstić information content (AvgIpc) is 2.35. The molecule has 94 valence electrons. The third-order valence-corrected chi connectivity index (χ3v) is 3.76. The SMILES string of the molecule is CSc1cccc(N(C)C(C)CO)c1C(N)=S. The average molecular weight is 270 g/mol. The van der Waals surface area contributed by atoms with Crippen LogP contribution >= 0.6 is 24.0 Å². The van der Waals surface area contributed by atoms with Crippen molar-refractivity contribution in [2.24, 2.45) is 5.73 Å². The van der Waals surface area contributed by atoms with Gasteiger partial charge in [-0.15, -0.1) is 11.8 Å². The monoisotopic (exact) mass is 270 g/mol. The van der Waals surface area contributed by atoms with Crippen LogP contribution in [0.4, 0.5) is 5.69 Å². The van der Waals surface area contributed by atoms with Crippen LogP contribution in [0, 0.1) is 0 Å². The Kier molecular flexibility index (Phi) is 5.24. The maximum atomic E-state index is 9.21. The minimum atomic E-state index is 0.0280. The molecule has 0 bridgehead atoms. The van der Waals surface area contributed by atoms with E-state index in [0.29, 0.717) is 4.99 Å². The lowest BCUT2D eigenvalue weighted by atomic mass is 10.1. The number of nitrogens with zero attached hydrogens (tertiary/aromatic N) is 1. The number of hydrogen-bond acceptors (Lipinski definition) is 4. The Morgan fingerprint density at radius 3 is 2.71 bits per heavy atom. The molecule has 0 fully saturated rings. The van der Waals surface area contributed by atoms with Crippen LogP contribution in [0.3, 0.4) is 0 Å². The van der Waals surface area contributed by atoms with E-state index in [1.165, 1.54) is 0 Å².